The quantitative estimate of drug-likeness (QED) is 0.712. The molecule has 2 aromatic rings. The number of nitrogens with zero attached hydrogens (tertiary/aromatic N) is 3. The van der Waals surface area contributed by atoms with Crippen LogP contribution < -0.4 is 20.9 Å². The number of pyridine rings is 1. The van der Waals surface area contributed by atoms with Gasteiger partial charge in [-0.05, 0) is 23.8 Å². The first-order chi connectivity index (χ1) is 15.4. The Kier molecular flexibility index (Phi) is 5.83. The molecule has 2 unspecified atom stereocenters. The van der Waals surface area contributed by atoms with Crippen molar-refractivity contribution < 1.29 is 0 Å². The second-order valence-corrected chi connectivity index (χ2v) is 8.52. The molecule has 2 atom stereocenters. The van der Waals surface area contributed by atoms with E-state index in [0.29, 0.717) is 6.04 Å². The summed E-state index contributed by atoms with van der Waals surface area (Å²) in [7, 11) is 0. The first-order valence-electron chi connectivity index (χ1n) is 11.8. The van der Waals surface area contributed by atoms with Gasteiger partial charge in [-0.2, -0.15) is 0 Å². The average Bonchev–Trinajstić information content (AvgIpc) is 3.21. The van der Waals surface area contributed by atoms with E-state index in [0.717, 1.165) is 69.5 Å². The lowest BCUT2D eigenvalue weighted by Crippen LogP contribution is -2.56. The van der Waals surface area contributed by atoms with Gasteiger partial charge in [0.2, 0.25) is 0 Å². The molecule has 0 radical (unpaired) electrons. The molecule has 5 heterocycles. The fourth-order valence-corrected chi connectivity index (χ4v) is 5.14. The molecule has 3 N–H and O–H groups in total. The molecule has 0 amide bonds. The Morgan fingerprint density at radius 1 is 1.00 bits per heavy atom. The first kappa shape index (κ1) is 20.3. The van der Waals surface area contributed by atoms with Crippen molar-refractivity contribution >= 4 is 22.2 Å². The Morgan fingerprint density at radius 3 is 2.61 bits per heavy atom. The number of nitrogens with one attached hydrogen (secondary N) is 3. The van der Waals surface area contributed by atoms with Crippen LogP contribution in [-0.2, 0) is 0 Å². The standard InChI is InChI=1S/C23H28N6.C2H6/c1-2-4-19-18(3-1)21(29-15-17-12-25-14-22(17)29)11-20(27-19)16-5-6-23(26-13-16)28-9-7-24-8-10-28;1-2/h1-6,11,17,22,24-26H,7-10,12-15H2;1-2H3. The third-order valence-electron chi connectivity index (χ3n) is 6.83. The van der Waals surface area contributed by atoms with Crippen LogP contribution in [0.15, 0.2) is 48.3 Å². The zero-order valence-corrected chi connectivity index (χ0v) is 18.7. The largest absolute Gasteiger partial charge is 0.368 e. The zero-order valence-electron chi connectivity index (χ0n) is 18.7. The molecule has 6 rings (SSSR count). The summed E-state index contributed by atoms with van der Waals surface area (Å²) in [6.07, 6.45) is 4.48. The average molecular weight is 419 g/mol. The summed E-state index contributed by atoms with van der Waals surface area (Å²) in [4.78, 5) is 10.0. The molecule has 1 aromatic carbocycles. The number of fused-ring (bicyclic) bond motifs is 2. The van der Waals surface area contributed by atoms with Gasteiger partial charge in [0, 0.05) is 75.4 Å². The van der Waals surface area contributed by atoms with Crippen LogP contribution in [0.2, 0.25) is 0 Å². The van der Waals surface area contributed by atoms with E-state index < -0.39 is 0 Å². The summed E-state index contributed by atoms with van der Waals surface area (Å²) in [6, 6.07) is 11.5. The Morgan fingerprint density at radius 2 is 1.84 bits per heavy atom. The number of hydrogen-bond acceptors (Lipinski definition) is 6. The second kappa shape index (κ2) is 8.89. The minimum absolute atomic E-state index is 0.631. The number of benzene rings is 1. The number of rotatable bonds is 3. The molecule has 0 spiro atoms. The fourth-order valence-electron chi connectivity index (χ4n) is 5.14. The highest BCUT2D eigenvalue weighted by Gasteiger charge is 2.42. The monoisotopic (exact) mass is 418 g/mol. The zero-order chi connectivity index (χ0) is 21.2. The number of para-hydroxylation sites is 1. The molecule has 0 saturated carbocycles. The molecule has 6 nitrogen and oxygen atoms in total. The van der Waals surface area contributed by atoms with Gasteiger partial charge in [-0.1, -0.05) is 38.1 Å². The predicted octanol–water partition coefficient (Wildman–Crippen LogP) is 2.40. The van der Waals surface area contributed by atoms with Gasteiger partial charge < -0.3 is 25.8 Å². The highest BCUT2D eigenvalue weighted by molar-refractivity contribution is 5.94. The summed E-state index contributed by atoms with van der Waals surface area (Å²) < 4.78 is 0. The number of piperazine rings is 1. The van der Waals surface area contributed by atoms with Crippen molar-refractivity contribution in [1.82, 2.24) is 25.8 Å². The summed E-state index contributed by atoms with van der Waals surface area (Å²) in [5, 5.41) is 11.9. The van der Waals surface area contributed by atoms with E-state index in [1.807, 2.05) is 13.8 Å². The van der Waals surface area contributed by atoms with Crippen molar-refractivity contribution in [3.8, 4) is 0 Å². The van der Waals surface area contributed by atoms with Crippen molar-refractivity contribution in [2.24, 2.45) is 5.92 Å². The van der Waals surface area contributed by atoms with Crippen LogP contribution in [0.1, 0.15) is 19.5 Å². The van der Waals surface area contributed by atoms with Crippen LogP contribution in [0.3, 0.4) is 0 Å². The van der Waals surface area contributed by atoms with Gasteiger partial charge in [0.15, 0.2) is 0 Å². The van der Waals surface area contributed by atoms with E-state index in [1.54, 1.807) is 0 Å². The lowest BCUT2D eigenvalue weighted by Gasteiger charge is -2.46. The third kappa shape index (κ3) is 3.79. The molecular weight excluding hydrogens is 384 g/mol. The Balaban J connectivity index is 0.000000994. The van der Waals surface area contributed by atoms with Gasteiger partial charge in [0.1, 0.15) is 5.82 Å². The maximum atomic E-state index is 5.02. The number of aromatic nitrogens is 1. The molecule has 6 heteroatoms. The van der Waals surface area contributed by atoms with Crippen molar-refractivity contribution in [3.05, 3.63) is 54.0 Å². The van der Waals surface area contributed by atoms with E-state index in [9.17, 15) is 0 Å². The molecule has 0 aliphatic carbocycles. The van der Waals surface area contributed by atoms with E-state index in [1.165, 1.54) is 22.5 Å². The van der Waals surface area contributed by atoms with Crippen molar-refractivity contribution in [1.29, 1.82) is 0 Å². The predicted molar refractivity (Wildman–Crippen MR) is 129 cm³/mol. The van der Waals surface area contributed by atoms with Crippen LogP contribution in [0.5, 0.6) is 0 Å². The molecule has 31 heavy (non-hydrogen) atoms. The normalized spacial score (nSPS) is 25.0. The highest BCUT2D eigenvalue weighted by Crippen LogP contribution is 2.38. The van der Waals surface area contributed by atoms with Crippen molar-refractivity contribution in [2.45, 2.75) is 19.9 Å². The van der Waals surface area contributed by atoms with Crippen LogP contribution in [0, 0.1) is 5.92 Å². The molecule has 1 aromatic heterocycles. The fraction of sp³-hybridized carbons (Fsp3) is 0.480. The minimum Gasteiger partial charge on any atom is -0.368 e. The van der Waals surface area contributed by atoms with E-state index in [-0.39, 0.29) is 0 Å². The molecule has 4 aliphatic rings. The minimum atomic E-state index is 0.631. The number of hydrogen-bond donors (Lipinski definition) is 3. The lowest BCUT2D eigenvalue weighted by molar-refractivity contribution is 0.282. The third-order valence-corrected chi connectivity index (χ3v) is 6.83. The smallest absolute Gasteiger partial charge is 0.102 e. The molecule has 3 saturated heterocycles. The lowest BCUT2D eigenvalue weighted by atomic mass is 9.90. The van der Waals surface area contributed by atoms with Gasteiger partial charge in [0.05, 0.1) is 11.2 Å². The second-order valence-electron chi connectivity index (χ2n) is 8.52. The Hall–Kier alpha value is -2.57. The van der Waals surface area contributed by atoms with Crippen LogP contribution in [0.25, 0.3) is 16.5 Å². The topological polar surface area (TPSA) is 55.5 Å². The van der Waals surface area contributed by atoms with Crippen LogP contribution >= 0.6 is 0 Å². The maximum absolute atomic E-state index is 5.02. The Bertz CT molecular complexity index is 991. The SMILES string of the molecule is C1=C(c2cc(N3CC4CNCC43)c3ccccc3n2)CNC(N2CCNCC2)=C1.CC. The number of anilines is 1. The maximum Gasteiger partial charge on any atom is 0.102 e. The van der Waals surface area contributed by atoms with Crippen molar-refractivity contribution in [3.63, 3.8) is 0 Å². The molecule has 0 bridgehead atoms. The summed E-state index contributed by atoms with van der Waals surface area (Å²) in [5.74, 6) is 2.03. The molecule has 3 fully saturated rings. The first-order valence-corrected chi connectivity index (χ1v) is 11.8. The number of allylic oxidation sites excluding steroid dienone is 2. The van der Waals surface area contributed by atoms with E-state index >= 15 is 0 Å². The summed E-state index contributed by atoms with van der Waals surface area (Å²) in [5.41, 5.74) is 4.79. The van der Waals surface area contributed by atoms with Gasteiger partial charge in [-0.25, -0.2) is 4.98 Å². The molecule has 4 aliphatic heterocycles. The van der Waals surface area contributed by atoms with Gasteiger partial charge >= 0.3 is 0 Å². The van der Waals surface area contributed by atoms with E-state index in [4.69, 9.17) is 4.98 Å². The Labute approximate surface area is 185 Å². The van der Waals surface area contributed by atoms with Gasteiger partial charge in [0.25, 0.3) is 0 Å². The number of dihydropyridines is 1. The summed E-state index contributed by atoms with van der Waals surface area (Å²) >= 11 is 0. The van der Waals surface area contributed by atoms with Crippen LogP contribution in [-0.4, -0.2) is 68.3 Å². The highest BCUT2D eigenvalue weighted by atomic mass is 15.3. The van der Waals surface area contributed by atoms with Gasteiger partial charge in [-0.3, -0.25) is 0 Å². The van der Waals surface area contributed by atoms with E-state index in [2.05, 4.69) is 68.2 Å². The van der Waals surface area contributed by atoms with Gasteiger partial charge in [-0.15, -0.1) is 0 Å². The molecular formula is C25H34N6. The van der Waals surface area contributed by atoms with Crippen LogP contribution in [0.4, 0.5) is 5.69 Å². The van der Waals surface area contributed by atoms with Crippen molar-refractivity contribution in [2.75, 3.05) is 57.3 Å². The molecule has 164 valence electrons. The summed E-state index contributed by atoms with van der Waals surface area (Å²) in [6.45, 7) is 12.5.